The summed E-state index contributed by atoms with van der Waals surface area (Å²) in [5.74, 6) is 0.454. The van der Waals surface area contributed by atoms with Crippen LogP contribution in [-0.4, -0.2) is 57.8 Å². The van der Waals surface area contributed by atoms with Gasteiger partial charge in [-0.25, -0.2) is 4.79 Å². The second kappa shape index (κ2) is 10.8. The summed E-state index contributed by atoms with van der Waals surface area (Å²) in [6.45, 7) is 9.07. The molecule has 6 nitrogen and oxygen atoms in total. The molecule has 1 amide bonds. The van der Waals surface area contributed by atoms with Crippen molar-refractivity contribution in [3.63, 3.8) is 0 Å². The van der Waals surface area contributed by atoms with Gasteiger partial charge < -0.3 is 24.8 Å². The van der Waals surface area contributed by atoms with E-state index in [0.717, 1.165) is 19.4 Å². The Bertz CT molecular complexity index is 331. The van der Waals surface area contributed by atoms with E-state index in [1.165, 1.54) is 12.8 Å². The van der Waals surface area contributed by atoms with Crippen LogP contribution in [-0.2, 0) is 14.2 Å². The van der Waals surface area contributed by atoms with Crippen molar-refractivity contribution in [2.75, 3.05) is 40.0 Å². The van der Waals surface area contributed by atoms with Gasteiger partial charge in [-0.1, -0.05) is 12.8 Å². The van der Waals surface area contributed by atoms with Crippen molar-refractivity contribution in [3.8, 4) is 0 Å². The van der Waals surface area contributed by atoms with Gasteiger partial charge in [0.2, 0.25) is 0 Å². The van der Waals surface area contributed by atoms with Gasteiger partial charge in [0.05, 0.1) is 19.8 Å². The first-order valence-electron chi connectivity index (χ1n) is 8.69. The standard InChI is InChI=1S/C17H34N2O4/c1-17(2,3)23-16(20)19-13-14-7-5-6-8-15(14)18-9-10-22-12-11-21-4/h14-15,18H,5-13H2,1-4H3,(H,19,20). The smallest absolute Gasteiger partial charge is 0.407 e. The van der Waals surface area contributed by atoms with E-state index in [-0.39, 0.29) is 6.09 Å². The Morgan fingerprint density at radius 3 is 2.57 bits per heavy atom. The van der Waals surface area contributed by atoms with E-state index in [2.05, 4.69) is 10.6 Å². The van der Waals surface area contributed by atoms with Gasteiger partial charge >= 0.3 is 6.09 Å². The number of hydrogen-bond donors (Lipinski definition) is 2. The van der Waals surface area contributed by atoms with Gasteiger partial charge in [-0.2, -0.15) is 0 Å². The number of amides is 1. The number of carbonyl (C=O) groups is 1. The Morgan fingerprint density at radius 2 is 1.87 bits per heavy atom. The minimum absolute atomic E-state index is 0.329. The monoisotopic (exact) mass is 330 g/mol. The zero-order chi connectivity index (χ0) is 17.1. The normalized spacial score (nSPS) is 21.9. The summed E-state index contributed by atoms with van der Waals surface area (Å²) in [5.41, 5.74) is -0.451. The number of methoxy groups -OCH3 is 1. The molecule has 0 saturated heterocycles. The Morgan fingerprint density at radius 1 is 1.13 bits per heavy atom. The van der Waals surface area contributed by atoms with Crippen molar-refractivity contribution >= 4 is 6.09 Å². The molecule has 23 heavy (non-hydrogen) atoms. The van der Waals surface area contributed by atoms with Gasteiger partial charge in [0.1, 0.15) is 5.60 Å². The molecule has 0 heterocycles. The SMILES string of the molecule is COCCOCCNC1CCCCC1CNC(=O)OC(C)(C)C. The second-order valence-electron chi connectivity index (χ2n) is 7.09. The Kier molecular flexibility index (Phi) is 9.52. The molecule has 0 aliphatic heterocycles. The molecule has 1 aliphatic rings. The maximum absolute atomic E-state index is 11.8. The van der Waals surface area contributed by atoms with Crippen molar-refractivity contribution in [1.82, 2.24) is 10.6 Å². The lowest BCUT2D eigenvalue weighted by molar-refractivity contribution is 0.0507. The lowest BCUT2D eigenvalue weighted by atomic mass is 9.84. The summed E-state index contributed by atoms with van der Waals surface area (Å²) in [5, 5.41) is 6.47. The summed E-state index contributed by atoms with van der Waals surface area (Å²) in [4.78, 5) is 11.8. The molecule has 136 valence electrons. The molecule has 1 fully saturated rings. The Balaban J connectivity index is 2.24. The van der Waals surface area contributed by atoms with E-state index >= 15 is 0 Å². The summed E-state index contributed by atoms with van der Waals surface area (Å²) >= 11 is 0. The number of alkyl carbamates (subject to hydrolysis) is 1. The predicted molar refractivity (Wildman–Crippen MR) is 90.7 cm³/mol. The average Bonchev–Trinajstić information content (AvgIpc) is 2.48. The molecule has 0 aromatic carbocycles. The average molecular weight is 330 g/mol. The van der Waals surface area contributed by atoms with E-state index in [4.69, 9.17) is 14.2 Å². The Hall–Kier alpha value is -0.850. The van der Waals surface area contributed by atoms with Crippen LogP contribution < -0.4 is 10.6 Å². The highest BCUT2D eigenvalue weighted by Crippen LogP contribution is 2.24. The molecule has 6 heteroatoms. The van der Waals surface area contributed by atoms with Gasteiger partial charge in [-0.3, -0.25) is 0 Å². The fourth-order valence-electron chi connectivity index (χ4n) is 2.81. The minimum atomic E-state index is -0.451. The van der Waals surface area contributed by atoms with Crippen molar-refractivity contribution in [3.05, 3.63) is 0 Å². The van der Waals surface area contributed by atoms with Crippen LogP contribution >= 0.6 is 0 Å². The number of ether oxygens (including phenoxy) is 3. The molecule has 0 aromatic rings. The van der Waals surface area contributed by atoms with Crippen LogP contribution in [0.4, 0.5) is 4.79 Å². The third-order valence-corrected chi connectivity index (χ3v) is 3.90. The summed E-state index contributed by atoms with van der Waals surface area (Å²) in [6, 6.07) is 0.435. The van der Waals surface area contributed by atoms with Gasteiger partial charge in [0, 0.05) is 26.2 Å². The van der Waals surface area contributed by atoms with Crippen LogP contribution in [0.25, 0.3) is 0 Å². The summed E-state index contributed by atoms with van der Waals surface area (Å²) in [6.07, 6.45) is 4.43. The molecule has 1 aliphatic carbocycles. The Labute approximate surface area is 140 Å². The summed E-state index contributed by atoms with van der Waals surface area (Å²) in [7, 11) is 1.67. The molecule has 0 bridgehead atoms. The van der Waals surface area contributed by atoms with Crippen LogP contribution in [0.1, 0.15) is 46.5 Å². The van der Waals surface area contributed by atoms with Crippen LogP contribution in [0.5, 0.6) is 0 Å². The van der Waals surface area contributed by atoms with Crippen molar-refractivity contribution in [1.29, 1.82) is 0 Å². The highest BCUT2D eigenvalue weighted by molar-refractivity contribution is 5.67. The largest absolute Gasteiger partial charge is 0.444 e. The first-order valence-corrected chi connectivity index (χ1v) is 8.69. The highest BCUT2D eigenvalue weighted by atomic mass is 16.6. The number of carbonyl (C=O) groups excluding carboxylic acids is 1. The third kappa shape index (κ3) is 9.79. The van der Waals surface area contributed by atoms with Gasteiger partial charge in [0.15, 0.2) is 0 Å². The van der Waals surface area contributed by atoms with Crippen LogP contribution in [0.3, 0.4) is 0 Å². The number of nitrogens with one attached hydrogen (secondary N) is 2. The molecule has 1 saturated carbocycles. The van der Waals surface area contributed by atoms with Crippen molar-refractivity contribution in [2.45, 2.75) is 58.1 Å². The molecule has 2 N–H and O–H groups in total. The molecule has 2 unspecified atom stereocenters. The lowest BCUT2D eigenvalue weighted by Crippen LogP contribution is -2.45. The molecule has 1 rings (SSSR count). The maximum atomic E-state index is 11.8. The molecular weight excluding hydrogens is 296 g/mol. The highest BCUT2D eigenvalue weighted by Gasteiger charge is 2.25. The molecular formula is C17H34N2O4. The van der Waals surface area contributed by atoms with E-state index in [0.29, 0.717) is 38.3 Å². The maximum Gasteiger partial charge on any atom is 0.407 e. The van der Waals surface area contributed by atoms with Gasteiger partial charge in [-0.05, 0) is 39.5 Å². The van der Waals surface area contributed by atoms with E-state index in [1.54, 1.807) is 7.11 Å². The molecule has 2 atom stereocenters. The van der Waals surface area contributed by atoms with E-state index in [1.807, 2.05) is 20.8 Å². The first-order chi connectivity index (χ1) is 10.9. The van der Waals surface area contributed by atoms with Gasteiger partial charge in [-0.15, -0.1) is 0 Å². The second-order valence-corrected chi connectivity index (χ2v) is 7.09. The lowest BCUT2D eigenvalue weighted by Gasteiger charge is -2.32. The van der Waals surface area contributed by atoms with Crippen LogP contribution in [0, 0.1) is 5.92 Å². The first kappa shape index (κ1) is 20.2. The zero-order valence-electron chi connectivity index (χ0n) is 15.2. The number of hydrogen-bond acceptors (Lipinski definition) is 5. The summed E-state index contributed by atoms with van der Waals surface area (Å²) < 4.78 is 15.7. The molecule has 0 spiro atoms. The predicted octanol–water partition coefficient (Wildman–Crippen LogP) is 2.32. The van der Waals surface area contributed by atoms with Crippen molar-refractivity contribution < 1.29 is 19.0 Å². The van der Waals surface area contributed by atoms with Gasteiger partial charge in [0.25, 0.3) is 0 Å². The fraction of sp³-hybridized carbons (Fsp3) is 0.941. The quantitative estimate of drug-likeness (QED) is 0.635. The zero-order valence-corrected chi connectivity index (χ0v) is 15.2. The van der Waals surface area contributed by atoms with Crippen molar-refractivity contribution in [2.24, 2.45) is 5.92 Å². The van der Waals surface area contributed by atoms with Crippen LogP contribution in [0.15, 0.2) is 0 Å². The molecule has 0 radical (unpaired) electrons. The minimum Gasteiger partial charge on any atom is -0.444 e. The van der Waals surface area contributed by atoms with Crippen LogP contribution in [0.2, 0.25) is 0 Å². The number of rotatable bonds is 9. The third-order valence-electron chi connectivity index (χ3n) is 3.90. The fourth-order valence-corrected chi connectivity index (χ4v) is 2.81. The van der Waals surface area contributed by atoms with E-state index in [9.17, 15) is 4.79 Å². The topological polar surface area (TPSA) is 68.8 Å². The van der Waals surface area contributed by atoms with E-state index < -0.39 is 5.60 Å². The molecule has 0 aromatic heterocycles.